The Morgan fingerprint density at radius 1 is 0.867 bits per heavy atom. The van der Waals surface area contributed by atoms with Gasteiger partial charge in [-0.3, -0.25) is 0 Å². The molecule has 0 heterocycles. The summed E-state index contributed by atoms with van der Waals surface area (Å²) in [6.45, 7) is 1.95. The number of amides is 1. The van der Waals surface area contributed by atoms with Crippen LogP contribution in [0, 0.1) is 6.92 Å². The molecule has 0 atom stereocenters. The lowest BCUT2D eigenvalue weighted by molar-refractivity contribution is 0.0472. The zero-order chi connectivity index (χ0) is 21.6. The minimum absolute atomic E-state index is 0.0541. The molecule has 0 bridgehead atoms. The van der Waals surface area contributed by atoms with Gasteiger partial charge in [0.2, 0.25) is 0 Å². The Balaban J connectivity index is 1.56. The lowest BCUT2D eigenvalue weighted by Gasteiger charge is -2.09. The predicted molar refractivity (Wildman–Crippen MR) is 110 cm³/mol. The molecule has 30 heavy (non-hydrogen) atoms. The molecule has 0 aromatic heterocycles. The minimum Gasteiger partial charge on any atom is -0.457 e. The molecule has 0 aliphatic heterocycles. The Labute approximate surface area is 174 Å². The van der Waals surface area contributed by atoms with Crippen LogP contribution < -0.4 is 9.46 Å². The van der Waals surface area contributed by atoms with Crippen LogP contribution in [0.15, 0.2) is 83.8 Å². The molecule has 0 fully saturated rings. The van der Waals surface area contributed by atoms with Crippen molar-refractivity contribution in [3.8, 4) is 5.75 Å². The molecule has 0 saturated carbocycles. The third kappa shape index (κ3) is 5.68. The van der Waals surface area contributed by atoms with E-state index in [1.54, 1.807) is 12.1 Å². The van der Waals surface area contributed by atoms with Crippen LogP contribution in [0.4, 0.5) is 4.79 Å². The van der Waals surface area contributed by atoms with Crippen molar-refractivity contribution in [2.45, 2.75) is 18.4 Å². The van der Waals surface area contributed by atoms with Crippen molar-refractivity contribution in [2.75, 3.05) is 0 Å². The van der Waals surface area contributed by atoms with Gasteiger partial charge in [-0.1, -0.05) is 48.0 Å². The molecule has 0 spiro atoms. The molecular weight excluding hydrogens is 406 g/mol. The number of rotatable bonds is 6. The van der Waals surface area contributed by atoms with Crippen LogP contribution in [0.2, 0.25) is 0 Å². The standard InChI is InChI=1S/C22H19NO6S/c1-16-7-13-20(14-8-16)30(26,27)23-22(25)29-19-11-9-18(10-12-19)21(24)28-15-17-5-3-2-4-6-17/h2-14H,15H2,1H3,(H,23,25). The lowest BCUT2D eigenvalue weighted by Crippen LogP contribution is -2.33. The number of carbonyl (C=O) groups is 2. The zero-order valence-corrected chi connectivity index (χ0v) is 16.9. The molecule has 0 saturated heterocycles. The fraction of sp³-hybridized carbons (Fsp3) is 0.0909. The Hall–Kier alpha value is -3.65. The van der Waals surface area contributed by atoms with Gasteiger partial charge in [0.25, 0.3) is 10.0 Å². The van der Waals surface area contributed by atoms with E-state index in [1.165, 1.54) is 36.4 Å². The highest BCUT2D eigenvalue weighted by Gasteiger charge is 2.19. The third-order valence-corrected chi connectivity index (χ3v) is 5.39. The molecule has 154 valence electrons. The number of hydrogen-bond acceptors (Lipinski definition) is 6. The van der Waals surface area contributed by atoms with Crippen LogP contribution in [-0.4, -0.2) is 20.5 Å². The number of sulfonamides is 1. The molecule has 0 unspecified atom stereocenters. The summed E-state index contributed by atoms with van der Waals surface area (Å²) >= 11 is 0. The monoisotopic (exact) mass is 425 g/mol. The lowest BCUT2D eigenvalue weighted by atomic mass is 10.2. The van der Waals surface area contributed by atoms with Crippen LogP contribution >= 0.6 is 0 Å². The van der Waals surface area contributed by atoms with E-state index in [-0.39, 0.29) is 22.8 Å². The molecule has 7 nitrogen and oxygen atoms in total. The van der Waals surface area contributed by atoms with Gasteiger partial charge in [0.05, 0.1) is 10.5 Å². The van der Waals surface area contributed by atoms with Gasteiger partial charge in [0, 0.05) is 0 Å². The highest BCUT2D eigenvalue weighted by atomic mass is 32.2. The second-order valence-electron chi connectivity index (χ2n) is 6.39. The number of benzene rings is 3. The quantitative estimate of drug-likeness (QED) is 0.603. The summed E-state index contributed by atoms with van der Waals surface area (Å²) in [5, 5.41) is 0. The van der Waals surface area contributed by atoms with Gasteiger partial charge in [0.15, 0.2) is 0 Å². The molecular formula is C22H19NO6S. The topological polar surface area (TPSA) is 98.8 Å². The van der Waals surface area contributed by atoms with Crippen molar-refractivity contribution in [3.05, 3.63) is 95.6 Å². The Bertz CT molecular complexity index is 1120. The maximum absolute atomic E-state index is 12.2. The van der Waals surface area contributed by atoms with Gasteiger partial charge < -0.3 is 9.47 Å². The fourth-order valence-electron chi connectivity index (χ4n) is 2.48. The first kappa shape index (κ1) is 21.1. The van der Waals surface area contributed by atoms with Gasteiger partial charge in [-0.05, 0) is 48.9 Å². The number of esters is 1. The SMILES string of the molecule is Cc1ccc(S(=O)(=O)NC(=O)Oc2ccc(C(=O)OCc3ccccc3)cc2)cc1. The van der Waals surface area contributed by atoms with Gasteiger partial charge in [-0.15, -0.1) is 0 Å². The number of ether oxygens (including phenoxy) is 2. The molecule has 3 aromatic carbocycles. The van der Waals surface area contributed by atoms with E-state index >= 15 is 0 Å². The third-order valence-electron chi connectivity index (χ3n) is 4.06. The van der Waals surface area contributed by atoms with E-state index in [0.717, 1.165) is 11.1 Å². The normalized spacial score (nSPS) is 10.8. The Kier molecular flexibility index (Phi) is 6.48. The van der Waals surface area contributed by atoms with E-state index in [0.29, 0.717) is 0 Å². The number of hydrogen-bond donors (Lipinski definition) is 1. The smallest absolute Gasteiger partial charge is 0.426 e. The van der Waals surface area contributed by atoms with E-state index in [1.807, 2.05) is 42.0 Å². The molecule has 1 amide bonds. The first-order valence-electron chi connectivity index (χ1n) is 8.96. The highest BCUT2D eigenvalue weighted by Crippen LogP contribution is 2.15. The summed E-state index contributed by atoms with van der Waals surface area (Å²) in [6, 6.07) is 20.8. The molecule has 0 aliphatic rings. The van der Waals surface area contributed by atoms with E-state index in [2.05, 4.69) is 0 Å². The van der Waals surface area contributed by atoms with Crippen molar-refractivity contribution < 1.29 is 27.5 Å². The van der Waals surface area contributed by atoms with Crippen molar-refractivity contribution in [1.29, 1.82) is 0 Å². The summed E-state index contributed by atoms with van der Waals surface area (Å²) in [6.07, 6.45) is -1.16. The number of aryl methyl sites for hydroxylation is 1. The first-order valence-corrected chi connectivity index (χ1v) is 10.4. The summed E-state index contributed by atoms with van der Waals surface area (Å²) in [7, 11) is -4.05. The molecule has 1 N–H and O–H groups in total. The van der Waals surface area contributed by atoms with Gasteiger partial charge >= 0.3 is 12.1 Å². The van der Waals surface area contributed by atoms with Crippen LogP contribution in [0.3, 0.4) is 0 Å². The molecule has 3 rings (SSSR count). The van der Waals surface area contributed by atoms with E-state index in [9.17, 15) is 18.0 Å². The molecule has 8 heteroatoms. The van der Waals surface area contributed by atoms with Gasteiger partial charge in [0.1, 0.15) is 12.4 Å². The predicted octanol–water partition coefficient (Wildman–Crippen LogP) is 3.83. The van der Waals surface area contributed by atoms with Crippen LogP contribution in [0.25, 0.3) is 0 Å². The molecule has 0 radical (unpaired) electrons. The maximum Gasteiger partial charge on any atom is 0.426 e. The maximum atomic E-state index is 12.2. The second kappa shape index (κ2) is 9.23. The summed E-state index contributed by atoms with van der Waals surface area (Å²) in [5.41, 5.74) is 2.02. The van der Waals surface area contributed by atoms with Crippen molar-refractivity contribution in [2.24, 2.45) is 0 Å². The van der Waals surface area contributed by atoms with Crippen molar-refractivity contribution in [1.82, 2.24) is 4.72 Å². The number of nitrogens with one attached hydrogen (secondary N) is 1. The largest absolute Gasteiger partial charge is 0.457 e. The Morgan fingerprint density at radius 2 is 1.50 bits per heavy atom. The van der Waals surface area contributed by atoms with Crippen molar-refractivity contribution in [3.63, 3.8) is 0 Å². The van der Waals surface area contributed by atoms with Crippen molar-refractivity contribution >= 4 is 22.1 Å². The second-order valence-corrected chi connectivity index (χ2v) is 8.08. The van der Waals surface area contributed by atoms with Gasteiger partial charge in [-0.2, -0.15) is 0 Å². The fourth-order valence-corrected chi connectivity index (χ4v) is 3.35. The van der Waals surface area contributed by atoms with Gasteiger partial charge in [-0.25, -0.2) is 22.7 Å². The Morgan fingerprint density at radius 3 is 2.13 bits per heavy atom. The summed E-state index contributed by atoms with van der Waals surface area (Å²) in [4.78, 5) is 24.0. The van der Waals surface area contributed by atoms with E-state index < -0.39 is 22.1 Å². The minimum atomic E-state index is -4.05. The van der Waals surface area contributed by atoms with Crippen LogP contribution in [-0.2, 0) is 21.4 Å². The zero-order valence-electron chi connectivity index (χ0n) is 16.1. The van der Waals surface area contributed by atoms with E-state index in [4.69, 9.17) is 9.47 Å². The highest BCUT2D eigenvalue weighted by molar-refractivity contribution is 7.90. The summed E-state index contributed by atoms with van der Waals surface area (Å²) in [5.74, 6) is -0.456. The average Bonchev–Trinajstić information content (AvgIpc) is 2.73. The number of carbonyl (C=O) groups excluding carboxylic acids is 2. The van der Waals surface area contributed by atoms with Crippen LogP contribution in [0.1, 0.15) is 21.5 Å². The average molecular weight is 425 g/mol. The summed E-state index contributed by atoms with van der Waals surface area (Å²) < 4.78 is 36.4. The first-order chi connectivity index (χ1) is 14.3. The molecule has 0 aliphatic carbocycles. The molecule has 3 aromatic rings. The van der Waals surface area contributed by atoms with Crippen LogP contribution in [0.5, 0.6) is 5.75 Å².